The van der Waals surface area contributed by atoms with Crippen LogP contribution >= 0.6 is 0 Å². The topological polar surface area (TPSA) is 18.5 Å². The van der Waals surface area contributed by atoms with Gasteiger partial charge < -0.3 is 9.47 Å². The highest BCUT2D eigenvalue weighted by Crippen LogP contribution is 2.36. The van der Waals surface area contributed by atoms with Gasteiger partial charge in [0.1, 0.15) is 17.4 Å². The highest BCUT2D eigenvalue weighted by molar-refractivity contribution is 5.67. The van der Waals surface area contributed by atoms with Crippen LogP contribution in [0.1, 0.15) is 18.1 Å². The second kappa shape index (κ2) is 9.81. The van der Waals surface area contributed by atoms with Gasteiger partial charge in [-0.05, 0) is 42.3 Å². The fourth-order valence-corrected chi connectivity index (χ4v) is 2.93. The predicted molar refractivity (Wildman–Crippen MR) is 108 cm³/mol. The summed E-state index contributed by atoms with van der Waals surface area (Å²) in [6, 6.07) is 8.72. The maximum absolute atomic E-state index is 14.6. The monoisotopic (exact) mass is 468 g/mol. The van der Waals surface area contributed by atoms with E-state index < -0.39 is 52.3 Å². The maximum Gasteiger partial charge on any atom is 0.426 e. The van der Waals surface area contributed by atoms with Gasteiger partial charge in [0.25, 0.3) is 0 Å². The fourth-order valence-electron chi connectivity index (χ4n) is 2.93. The van der Waals surface area contributed by atoms with Crippen molar-refractivity contribution >= 4 is 6.08 Å². The number of alkyl halides is 2. The molecule has 9 heteroatoms. The van der Waals surface area contributed by atoms with E-state index in [9.17, 15) is 30.7 Å². The molecule has 3 aromatic carbocycles. The van der Waals surface area contributed by atoms with Crippen LogP contribution in [0.3, 0.4) is 0 Å². The summed E-state index contributed by atoms with van der Waals surface area (Å²) in [4.78, 5) is 0. The molecule has 0 amide bonds. The molecule has 0 fully saturated rings. The molecular formula is C24H15F7O2. The molecule has 2 nitrogen and oxygen atoms in total. The lowest BCUT2D eigenvalue weighted by Gasteiger charge is -2.19. The van der Waals surface area contributed by atoms with Crippen molar-refractivity contribution in [2.75, 3.05) is 0 Å². The molecule has 0 aliphatic heterocycles. The Morgan fingerprint density at radius 3 is 2.03 bits per heavy atom. The zero-order chi connectivity index (χ0) is 24.2. The summed E-state index contributed by atoms with van der Waals surface area (Å²) >= 11 is 0. The standard InChI is InChI=1S/C24H15F7O2/c1-2-3-14-4-7-16(8-5-14)24(30,31)33-17-11-19(26)23(20(27)12-17)15-6-9-21(18(25)10-15)32-13-22(28)29/h2-13H,1H3. The number of halogens is 7. The first-order valence-corrected chi connectivity index (χ1v) is 9.37. The molecule has 0 N–H and O–H groups in total. The van der Waals surface area contributed by atoms with Gasteiger partial charge in [-0.3, -0.25) is 0 Å². The van der Waals surface area contributed by atoms with Crippen LogP contribution in [0.15, 0.2) is 73.0 Å². The van der Waals surface area contributed by atoms with Crippen LogP contribution in [0.5, 0.6) is 11.5 Å². The Morgan fingerprint density at radius 1 is 0.848 bits per heavy atom. The van der Waals surface area contributed by atoms with E-state index in [1.54, 1.807) is 19.1 Å². The molecule has 0 aliphatic carbocycles. The lowest BCUT2D eigenvalue weighted by molar-refractivity contribution is -0.185. The number of hydrogen-bond donors (Lipinski definition) is 0. The molecule has 0 aromatic heterocycles. The first kappa shape index (κ1) is 23.9. The van der Waals surface area contributed by atoms with Gasteiger partial charge in [-0.1, -0.05) is 30.4 Å². The minimum Gasteiger partial charge on any atom is -0.456 e. The minimum atomic E-state index is -3.89. The summed E-state index contributed by atoms with van der Waals surface area (Å²) < 4.78 is 105. The average molecular weight is 468 g/mol. The van der Waals surface area contributed by atoms with Crippen LogP contribution in [-0.4, -0.2) is 0 Å². The van der Waals surface area contributed by atoms with Gasteiger partial charge in [0, 0.05) is 12.1 Å². The predicted octanol–water partition coefficient (Wildman–Crippen LogP) is 8.05. The Hall–Kier alpha value is -3.75. The van der Waals surface area contributed by atoms with Crippen molar-refractivity contribution in [2.24, 2.45) is 0 Å². The van der Waals surface area contributed by atoms with Gasteiger partial charge in [-0.2, -0.15) is 17.6 Å². The summed E-state index contributed by atoms with van der Waals surface area (Å²) in [5.74, 6) is -5.16. The number of rotatable bonds is 7. The Balaban J connectivity index is 1.87. The fraction of sp³-hybridized carbons (Fsp3) is 0.0833. The molecule has 0 radical (unpaired) electrons. The van der Waals surface area contributed by atoms with Crippen molar-refractivity contribution in [3.8, 4) is 22.6 Å². The number of benzene rings is 3. The molecule has 0 spiro atoms. The number of ether oxygens (including phenoxy) is 2. The Labute approximate surface area is 184 Å². The van der Waals surface area contributed by atoms with Crippen molar-refractivity contribution in [1.29, 1.82) is 0 Å². The van der Waals surface area contributed by atoms with E-state index in [0.717, 1.165) is 24.3 Å². The second-order valence-corrected chi connectivity index (χ2v) is 6.67. The van der Waals surface area contributed by atoms with E-state index in [-0.39, 0.29) is 11.8 Å². The minimum absolute atomic E-state index is 0.000386. The molecule has 33 heavy (non-hydrogen) atoms. The van der Waals surface area contributed by atoms with Gasteiger partial charge in [-0.25, -0.2) is 13.2 Å². The largest absolute Gasteiger partial charge is 0.456 e. The normalized spacial score (nSPS) is 11.5. The molecule has 0 heterocycles. The third kappa shape index (κ3) is 5.74. The van der Waals surface area contributed by atoms with Gasteiger partial charge in [0.05, 0.1) is 11.1 Å². The molecule has 0 atom stereocenters. The summed E-state index contributed by atoms with van der Waals surface area (Å²) in [6.07, 6.45) is -2.68. The van der Waals surface area contributed by atoms with E-state index in [4.69, 9.17) is 0 Å². The molecule has 0 unspecified atom stereocenters. The summed E-state index contributed by atoms with van der Waals surface area (Å²) in [7, 11) is 0. The quantitative estimate of drug-likeness (QED) is 0.258. The van der Waals surface area contributed by atoms with Crippen molar-refractivity contribution < 1.29 is 40.2 Å². The Bertz CT molecular complexity index is 1170. The second-order valence-electron chi connectivity index (χ2n) is 6.67. The molecule has 3 aromatic rings. The zero-order valence-electron chi connectivity index (χ0n) is 16.9. The van der Waals surface area contributed by atoms with Crippen molar-refractivity contribution in [3.63, 3.8) is 0 Å². The van der Waals surface area contributed by atoms with Gasteiger partial charge in [0.15, 0.2) is 17.8 Å². The third-order valence-corrected chi connectivity index (χ3v) is 4.36. The Morgan fingerprint density at radius 2 is 1.48 bits per heavy atom. The average Bonchev–Trinajstić information content (AvgIpc) is 2.73. The van der Waals surface area contributed by atoms with E-state index >= 15 is 0 Å². The van der Waals surface area contributed by atoms with Crippen LogP contribution < -0.4 is 9.47 Å². The Kier molecular flexibility index (Phi) is 7.10. The van der Waals surface area contributed by atoms with Crippen molar-refractivity contribution in [2.45, 2.75) is 13.0 Å². The number of allylic oxidation sites excluding steroid dienone is 1. The van der Waals surface area contributed by atoms with Gasteiger partial charge in [0.2, 0.25) is 0 Å². The number of hydrogen-bond acceptors (Lipinski definition) is 2. The van der Waals surface area contributed by atoms with Gasteiger partial charge >= 0.3 is 12.2 Å². The molecule has 3 rings (SSSR count). The van der Waals surface area contributed by atoms with E-state index in [1.165, 1.54) is 12.1 Å². The van der Waals surface area contributed by atoms with E-state index in [2.05, 4.69) is 9.47 Å². The first-order valence-electron chi connectivity index (χ1n) is 9.37. The highest BCUT2D eigenvalue weighted by atomic mass is 19.3. The van der Waals surface area contributed by atoms with Crippen LogP contribution in [-0.2, 0) is 6.11 Å². The van der Waals surface area contributed by atoms with Crippen LogP contribution in [0.2, 0.25) is 0 Å². The third-order valence-electron chi connectivity index (χ3n) is 4.36. The summed E-state index contributed by atoms with van der Waals surface area (Å²) in [5, 5.41) is 0. The van der Waals surface area contributed by atoms with Crippen molar-refractivity contribution in [3.05, 3.63) is 102 Å². The van der Waals surface area contributed by atoms with Crippen LogP contribution in [0.25, 0.3) is 17.2 Å². The smallest absolute Gasteiger partial charge is 0.426 e. The molecule has 0 aliphatic rings. The van der Waals surface area contributed by atoms with Crippen LogP contribution in [0, 0.1) is 17.5 Å². The summed E-state index contributed by atoms with van der Waals surface area (Å²) in [6.45, 7) is 1.76. The van der Waals surface area contributed by atoms with E-state index in [0.29, 0.717) is 23.8 Å². The molecule has 0 bridgehead atoms. The maximum atomic E-state index is 14.6. The molecule has 172 valence electrons. The molecule has 0 saturated heterocycles. The lowest BCUT2D eigenvalue weighted by atomic mass is 10.0. The van der Waals surface area contributed by atoms with E-state index in [1.807, 2.05) is 0 Å². The lowest BCUT2D eigenvalue weighted by Crippen LogP contribution is -2.22. The van der Waals surface area contributed by atoms with Gasteiger partial charge in [-0.15, -0.1) is 0 Å². The first-order chi connectivity index (χ1) is 15.6. The van der Waals surface area contributed by atoms with Crippen LogP contribution in [0.4, 0.5) is 30.7 Å². The summed E-state index contributed by atoms with van der Waals surface area (Å²) in [5.41, 5.74) is -0.887. The molecular weight excluding hydrogens is 453 g/mol. The van der Waals surface area contributed by atoms with Crippen molar-refractivity contribution in [1.82, 2.24) is 0 Å². The molecule has 0 saturated carbocycles. The SMILES string of the molecule is CC=Cc1ccc(C(F)(F)Oc2cc(F)c(-c3ccc(OC=C(F)F)c(F)c3)c(F)c2)cc1. The highest BCUT2D eigenvalue weighted by Gasteiger charge is 2.35. The zero-order valence-corrected chi connectivity index (χ0v) is 16.9.